The van der Waals surface area contributed by atoms with Gasteiger partial charge in [0.05, 0.1) is 0 Å². The smallest absolute Gasteiger partial charge is 0.279 e. The number of fused-ring (bicyclic) bond motifs is 2. The Bertz CT molecular complexity index is 692. The first-order valence-electron chi connectivity index (χ1n) is 4.70. The molecule has 0 unspecified atom stereocenters. The Hall–Kier alpha value is -2.10. The molecule has 0 aliphatic carbocycles. The first-order chi connectivity index (χ1) is 7.27. The van der Waals surface area contributed by atoms with Crippen molar-refractivity contribution in [2.45, 2.75) is 6.42 Å². The third-order valence-electron chi connectivity index (χ3n) is 2.60. The second-order valence-electron chi connectivity index (χ2n) is 3.50. The van der Waals surface area contributed by atoms with Crippen molar-refractivity contribution in [2.75, 3.05) is 0 Å². The van der Waals surface area contributed by atoms with Gasteiger partial charge in [-0.25, -0.2) is 0 Å². The largest absolute Gasteiger partial charge is 0.285 e. The fraction of sp³-hybridized carbons (Fsp3) is 0.0909. The van der Waals surface area contributed by atoms with E-state index in [0.717, 1.165) is 5.69 Å². The van der Waals surface area contributed by atoms with Crippen LogP contribution in [0.4, 0.5) is 0 Å². The van der Waals surface area contributed by atoms with Gasteiger partial charge in [-0.15, -0.1) is 0 Å². The molecule has 15 heavy (non-hydrogen) atoms. The zero-order valence-electron chi connectivity index (χ0n) is 7.88. The molecule has 1 aliphatic heterocycles. The van der Waals surface area contributed by atoms with Crippen LogP contribution in [0.3, 0.4) is 0 Å². The molecule has 0 spiro atoms. The second kappa shape index (κ2) is 2.70. The van der Waals surface area contributed by atoms with E-state index in [2.05, 4.69) is 0 Å². The minimum atomic E-state index is -0.167. The fourth-order valence-corrected chi connectivity index (χ4v) is 1.87. The van der Waals surface area contributed by atoms with Crippen LogP contribution in [0.15, 0.2) is 40.1 Å². The molecule has 74 valence electrons. The van der Waals surface area contributed by atoms with Gasteiger partial charge in [0.25, 0.3) is 11.1 Å². The molecule has 0 fully saturated rings. The lowest BCUT2D eigenvalue weighted by atomic mass is 10.3. The van der Waals surface area contributed by atoms with E-state index in [1.54, 1.807) is 29.1 Å². The molecule has 3 heterocycles. The highest BCUT2D eigenvalue weighted by molar-refractivity contribution is 5.49. The molecule has 2 aromatic heterocycles. The van der Waals surface area contributed by atoms with Gasteiger partial charge in [-0.3, -0.25) is 18.6 Å². The van der Waals surface area contributed by atoms with Gasteiger partial charge in [0.1, 0.15) is 5.52 Å². The molecule has 1 aliphatic rings. The quantitative estimate of drug-likeness (QED) is 0.621. The van der Waals surface area contributed by atoms with E-state index < -0.39 is 0 Å². The maximum Gasteiger partial charge on any atom is 0.279 e. The number of nitrogens with zero attached hydrogens (tertiary/aromatic N) is 2. The number of allylic oxidation sites excluding steroid dienone is 1. The summed E-state index contributed by atoms with van der Waals surface area (Å²) in [5.41, 5.74) is 0.956. The van der Waals surface area contributed by atoms with Crippen molar-refractivity contribution in [3.8, 4) is 0 Å². The van der Waals surface area contributed by atoms with Gasteiger partial charge in [0.2, 0.25) is 0 Å². The summed E-state index contributed by atoms with van der Waals surface area (Å²) in [6, 6.07) is 4.71. The van der Waals surface area contributed by atoms with Crippen molar-refractivity contribution >= 4 is 11.7 Å². The average molecular weight is 200 g/mol. The van der Waals surface area contributed by atoms with Crippen molar-refractivity contribution in [3.63, 3.8) is 0 Å². The summed E-state index contributed by atoms with van der Waals surface area (Å²) < 4.78 is 2.98. The predicted molar refractivity (Wildman–Crippen MR) is 57.0 cm³/mol. The topological polar surface area (TPSA) is 43.5 Å². The molecule has 0 aromatic carbocycles. The maximum atomic E-state index is 11.9. The monoisotopic (exact) mass is 200 g/mol. The van der Waals surface area contributed by atoms with Crippen LogP contribution < -0.4 is 11.1 Å². The van der Waals surface area contributed by atoms with E-state index in [1.165, 1.54) is 10.5 Å². The summed E-state index contributed by atoms with van der Waals surface area (Å²) in [7, 11) is 0. The highest BCUT2D eigenvalue weighted by Gasteiger charge is 2.10. The zero-order chi connectivity index (χ0) is 10.4. The predicted octanol–water partition coefficient (Wildman–Crippen LogP) is 0.488. The molecular formula is C11H8N2O2. The van der Waals surface area contributed by atoms with Crippen LogP contribution in [0.25, 0.3) is 11.7 Å². The van der Waals surface area contributed by atoms with Crippen LogP contribution in [0.1, 0.15) is 5.69 Å². The normalized spacial score (nSPS) is 13.3. The van der Waals surface area contributed by atoms with Gasteiger partial charge < -0.3 is 0 Å². The molecule has 4 heteroatoms. The minimum Gasteiger partial charge on any atom is -0.285 e. The van der Waals surface area contributed by atoms with Gasteiger partial charge in [0, 0.05) is 30.6 Å². The molecule has 0 saturated heterocycles. The SMILES string of the molecule is O=c1c2cccc(=O)n2cc2n1C=CC2. The Morgan fingerprint density at radius 1 is 1.20 bits per heavy atom. The molecule has 4 nitrogen and oxygen atoms in total. The number of rotatable bonds is 0. The second-order valence-corrected chi connectivity index (χ2v) is 3.50. The Kier molecular flexibility index (Phi) is 1.48. The lowest BCUT2D eigenvalue weighted by Crippen LogP contribution is -2.25. The molecule has 0 radical (unpaired) electrons. The standard InChI is InChI=1S/C11H8N2O2/c14-10-5-1-4-9-11(15)12-6-2-3-8(12)7-13(9)10/h1-2,4-7H,3H2. The van der Waals surface area contributed by atoms with Crippen LogP contribution in [0.2, 0.25) is 0 Å². The van der Waals surface area contributed by atoms with Gasteiger partial charge >= 0.3 is 0 Å². The molecule has 0 bridgehead atoms. The minimum absolute atomic E-state index is 0.140. The van der Waals surface area contributed by atoms with Gasteiger partial charge in [0.15, 0.2) is 0 Å². The summed E-state index contributed by atoms with van der Waals surface area (Å²) >= 11 is 0. The van der Waals surface area contributed by atoms with Crippen LogP contribution in [0, 0.1) is 0 Å². The molecule has 3 rings (SSSR count). The van der Waals surface area contributed by atoms with E-state index >= 15 is 0 Å². The van der Waals surface area contributed by atoms with Crippen molar-refractivity contribution in [1.82, 2.24) is 8.97 Å². The summed E-state index contributed by atoms with van der Waals surface area (Å²) in [6.07, 6.45) is 6.07. The van der Waals surface area contributed by atoms with E-state index in [1.807, 2.05) is 6.08 Å². The number of hydrogen-bond donors (Lipinski definition) is 0. The third-order valence-corrected chi connectivity index (χ3v) is 2.60. The first kappa shape index (κ1) is 8.23. The van der Waals surface area contributed by atoms with Crippen LogP contribution in [-0.2, 0) is 6.42 Å². The maximum absolute atomic E-state index is 11.9. The Balaban J connectivity index is 2.61. The summed E-state index contributed by atoms with van der Waals surface area (Å²) in [5.74, 6) is 0. The van der Waals surface area contributed by atoms with Crippen LogP contribution in [-0.4, -0.2) is 8.97 Å². The Labute approximate surface area is 84.7 Å². The van der Waals surface area contributed by atoms with E-state index in [9.17, 15) is 9.59 Å². The van der Waals surface area contributed by atoms with Crippen LogP contribution in [0.5, 0.6) is 0 Å². The van der Waals surface area contributed by atoms with E-state index in [0.29, 0.717) is 11.9 Å². The lowest BCUT2D eigenvalue weighted by molar-refractivity contribution is 0.926. The molecule has 0 saturated carbocycles. The van der Waals surface area contributed by atoms with Crippen molar-refractivity contribution in [1.29, 1.82) is 0 Å². The average Bonchev–Trinajstić information content (AvgIpc) is 2.68. The Morgan fingerprint density at radius 3 is 2.93 bits per heavy atom. The number of aromatic nitrogens is 2. The van der Waals surface area contributed by atoms with Gasteiger partial charge in [-0.1, -0.05) is 12.1 Å². The lowest BCUT2D eigenvalue weighted by Gasteiger charge is -2.05. The molecular weight excluding hydrogens is 192 g/mol. The van der Waals surface area contributed by atoms with Crippen LogP contribution >= 0.6 is 0 Å². The highest BCUT2D eigenvalue weighted by atomic mass is 16.1. The van der Waals surface area contributed by atoms with E-state index in [4.69, 9.17) is 0 Å². The van der Waals surface area contributed by atoms with Crippen molar-refractivity contribution < 1.29 is 0 Å². The summed E-state index contributed by atoms with van der Waals surface area (Å²) in [5, 5.41) is 0. The fourth-order valence-electron chi connectivity index (χ4n) is 1.87. The molecule has 0 atom stereocenters. The third kappa shape index (κ3) is 1.01. The zero-order valence-corrected chi connectivity index (χ0v) is 7.88. The first-order valence-corrected chi connectivity index (χ1v) is 4.70. The van der Waals surface area contributed by atoms with E-state index in [-0.39, 0.29) is 11.1 Å². The van der Waals surface area contributed by atoms with Gasteiger partial charge in [-0.2, -0.15) is 0 Å². The highest BCUT2D eigenvalue weighted by Crippen LogP contribution is 2.08. The summed E-state index contributed by atoms with van der Waals surface area (Å²) in [4.78, 5) is 23.4. The van der Waals surface area contributed by atoms with Gasteiger partial charge in [-0.05, 0) is 6.07 Å². The van der Waals surface area contributed by atoms with Crippen molar-refractivity contribution in [2.24, 2.45) is 0 Å². The molecule has 0 N–H and O–H groups in total. The summed E-state index contributed by atoms with van der Waals surface area (Å²) in [6.45, 7) is 0. The molecule has 0 amide bonds. The van der Waals surface area contributed by atoms with Crippen molar-refractivity contribution in [3.05, 3.63) is 56.9 Å². The number of hydrogen-bond acceptors (Lipinski definition) is 2. The Morgan fingerprint density at radius 2 is 2.07 bits per heavy atom. The number of pyridine rings is 1. The molecule has 2 aromatic rings.